The number of likely N-dealkylation sites (N-methyl/N-ethyl adjacent to an activating group) is 1. The molecule has 0 aromatic heterocycles. The minimum Gasteiger partial charge on any atom is -0.492 e. The van der Waals surface area contributed by atoms with Crippen molar-refractivity contribution < 1.29 is 9.47 Å². The second-order valence-electron chi connectivity index (χ2n) is 5.18. The zero-order valence-corrected chi connectivity index (χ0v) is 11.8. The van der Waals surface area contributed by atoms with E-state index < -0.39 is 0 Å². The van der Waals surface area contributed by atoms with Gasteiger partial charge in [-0.3, -0.25) is 0 Å². The lowest BCUT2D eigenvalue weighted by Crippen LogP contribution is -2.31. The molecule has 0 bridgehead atoms. The Balaban J connectivity index is 1.62. The summed E-state index contributed by atoms with van der Waals surface area (Å²) in [4.78, 5) is 0. The van der Waals surface area contributed by atoms with Crippen molar-refractivity contribution in [2.45, 2.75) is 44.2 Å². The van der Waals surface area contributed by atoms with E-state index in [9.17, 15) is 0 Å². The first-order valence-electron chi connectivity index (χ1n) is 7.35. The molecule has 1 N–H and O–H groups in total. The van der Waals surface area contributed by atoms with Gasteiger partial charge in [-0.1, -0.05) is 18.2 Å². The van der Waals surface area contributed by atoms with Crippen LogP contribution in [0, 0.1) is 0 Å². The summed E-state index contributed by atoms with van der Waals surface area (Å²) in [7, 11) is 2.01. The van der Waals surface area contributed by atoms with Gasteiger partial charge in [-0.05, 0) is 51.3 Å². The Morgan fingerprint density at radius 3 is 2.89 bits per heavy atom. The van der Waals surface area contributed by atoms with Gasteiger partial charge in [-0.2, -0.15) is 0 Å². The molecule has 0 spiro atoms. The summed E-state index contributed by atoms with van der Waals surface area (Å²) in [6.45, 7) is 1.68. The van der Waals surface area contributed by atoms with Crippen molar-refractivity contribution in [3.8, 4) is 5.75 Å². The molecule has 106 valence electrons. The fourth-order valence-corrected chi connectivity index (χ4v) is 2.49. The van der Waals surface area contributed by atoms with Gasteiger partial charge >= 0.3 is 0 Å². The number of hydrogen-bond acceptors (Lipinski definition) is 3. The zero-order valence-electron chi connectivity index (χ0n) is 11.8. The smallest absolute Gasteiger partial charge is 0.119 e. The molecule has 1 fully saturated rings. The lowest BCUT2D eigenvalue weighted by molar-refractivity contribution is 0.100. The van der Waals surface area contributed by atoms with Crippen molar-refractivity contribution in [2.75, 3.05) is 20.3 Å². The number of rotatable bonds is 8. The van der Waals surface area contributed by atoms with Gasteiger partial charge in [0.05, 0.1) is 6.10 Å². The van der Waals surface area contributed by atoms with Crippen LogP contribution >= 0.6 is 0 Å². The van der Waals surface area contributed by atoms with E-state index >= 15 is 0 Å². The van der Waals surface area contributed by atoms with E-state index in [0.717, 1.165) is 25.4 Å². The van der Waals surface area contributed by atoms with Gasteiger partial charge in [-0.15, -0.1) is 0 Å². The predicted molar refractivity (Wildman–Crippen MR) is 77.6 cm³/mol. The molecule has 3 heteroatoms. The highest BCUT2D eigenvalue weighted by Crippen LogP contribution is 2.18. The summed E-state index contributed by atoms with van der Waals surface area (Å²) in [5, 5.41) is 3.33. The van der Waals surface area contributed by atoms with Crippen LogP contribution in [0.25, 0.3) is 0 Å². The number of para-hydroxylation sites is 1. The monoisotopic (exact) mass is 263 g/mol. The molecule has 1 heterocycles. The van der Waals surface area contributed by atoms with Crippen molar-refractivity contribution in [1.82, 2.24) is 5.32 Å². The molecule has 2 atom stereocenters. The van der Waals surface area contributed by atoms with Crippen LogP contribution in [-0.2, 0) is 4.74 Å². The summed E-state index contributed by atoms with van der Waals surface area (Å²) in [6.07, 6.45) is 6.51. The molecule has 1 aromatic carbocycles. The van der Waals surface area contributed by atoms with Gasteiger partial charge < -0.3 is 14.8 Å². The molecule has 3 nitrogen and oxygen atoms in total. The van der Waals surface area contributed by atoms with E-state index in [1.54, 1.807) is 0 Å². The molecular formula is C16H25NO2. The van der Waals surface area contributed by atoms with Crippen LogP contribution in [0.3, 0.4) is 0 Å². The Bertz CT molecular complexity index is 336. The minimum absolute atomic E-state index is 0.418. The highest BCUT2D eigenvalue weighted by molar-refractivity contribution is 5.20. The first-order chi connectivity index (χ1) is 9.38. The van der Waals surface area contributed by atoms with Crippen molar-refractivity contribution in [3.63, 3.8) is 0 Å². The Kier molecular flexibility index (Phi) is 6.18. The number of ether oxygens (including phenoxy) is 2. The van der Waals surface area contributed by atoms with E-state index in [-0.39, 0.29) is 0 Å². The predicted octanol–water partition coefficient (Wildman–Crippen LogP) is 3.00. The highest BCUT2D eigenvalue weighted by Gasteiger charge is 2.16. The molecule has 0 aliphatic carbocycles. The summed E-state index contributed by atoms with van der Waals surface area (Å²) in [5.74, 6) is 0.946. The van der Waals surface area contributed by atoms with Crippen molar-refractivity contribution >= 4 is 0 Å². The van der Waals surface area contributed by atoms with E-state index in [1.807, 2.05) is 37.4 Å². The van der Waals surface area contributed by atoms with Gasteiger partial charge in [0.15, 0.2) is 0 Å². The van der Waals surface area contributed by atoms with Crippen molar-refractivity contribution in [3.05, 3.63) is 30.3 Å². The standard InChI is InChI=1S/C16H25NO2/c1-17-14(7-5-10-15-11-6-12-18-15)13-19-16-8-3-2-4-9-16/h2-4,8-9,14-15,17H,5-7,10-13H2,1H3. The molecular weight excluding hydrogens is 238 g/mol. The van der Waals surface area contributed by atoms with E-state index in [4.69, 9.17) is 9.47 Å². The summed E-state index contributed by atoms with van der Waals surface area (Å²) in [6, 6.07) is 10.4. The summed E-state index contributed by atoms with van der Waals surface area (Å²) >= 11 is 0. The maximum atomic E-state index is 5.79. The molecule has 1 aliphatic heterocycles. The number of hydrogen-bond donors (Lipinski definition) is 1. The first kappa shape index (κ1) is 14.4. The van der Waals surface area contributed by atoms with Crippen LogP contribution in [0.1, 0.15) is 32.1 Å². The quantitative estimate of drug-likeness (QED) is 0.782. The highest BCUT2D eigenvalue weighted by atomic mass is 16.5. The van der Waals surface area contributed by atoms with Crippen LogP contribution in [0.4, 0.5) is 0 Å². The number of nitrogens with one attached hydrogen (secondary N) is 1. The van der Waals surface area contributed by atoms with Crippen LogP contribution < -0.4 is 10.1 Å². The molecule has 0 radical (unpaired) electrons. The Morgan fingerprint density at radius 2 is 2.21 bits per heavy atom. The fourth-order valence-electron chi connectivity index (χ4n) is 2.49. The molecule has 0 amide bonds. The van der Waals surface area contributed by atoms with Gasteiger partial charge in [0.1, 0.15) is 12.4 Å². The third-order valence-corrected chi connectivity index (χ3v) is 3.71. The summed E-state index contributed by atoms with van der Waals surface area (Å²) in [5.41, 5.74) is 0. The first-order valence-corrected chi connectivity index (χ1v) is 7.35. The van der Waals surface area contributed by atoms with Gasteiger partial charge in [0.25, 0.3) is 0 Å². The third kappa shape index (κ3) is 5.21. The average Bonchev–Trinajstić information content (AvgIpc) is 2.97. The fraction of sp³-hybridized carbons (Fsp3) is 0.625. The normalized spacial score (nSPS) is 20.4. The van der Waals surface area contributed by atoms with Gasteiger partial charge in [0.2, 0.25) is 0 Å². The molecule has 2 rings (SSSR count). The molecule has 0 saturated carbocycles. The maximum absolute atomic E-state index is 5.79. The lowest BCUT2D eigenvalue weighted by atomic mass is 10.1. The SMILES string of the molecule is CNC(CCCC1CCCO1)COc1ccccc1. The van der Waals surface area contributed by atoms with Crippen LogP contribution in [0.5, 0.6) is 5.75 Å². The molecule has 2 unspecified atom stereocenters. The van der Waals surface area contributed by atoms with Crippen LogP contribution in [0.2, 0.25) is 0 Å². The average molecular weight is 263 g/mol. The zero-order chi connectivity index (χ0) is 13.3. The Morgan fingerprint density at radius 1 is 1.37 bits per heavy atom. The third-order valence-electron chi connectivity index (χ3n) is 3.71. The second-order valence-corrected chi connectivity index (χ2v) is 5.18. The number of benzene rings is 1. The second kappa shape index (κ2) is 8.18. The van der Waals surface area contributed by atoms with Crippen molar-refractivity contribution in [1.29, 1.82) is 0 Å². The van der Waals surface area contributed by atoms with Gasteiger partial charge in [0, 0.05) is 12.6 Å². The molecule has 1 aromatic rings. The van der Waals surface area contributed by atoms with E-state index in [2.05, 4.69) is 5.32 Å². The van der Waals surface area contributed by atoms with Crippen LogP contribution in [-0.4, -0.2) is 32.4 Å². The minimum atomic E-state index is 0.418. The molecule has 1 aliphatic rings. The molecule has 1 saturated heterocycles. The van der Waals surface area contributed by atoms with E-state index in [1.165, 1.54) is 25.7 Å². The van der Waals surface area contributed by atoms with Crippen LogP contribution in [0.15, 0.2) is 30.3 Å². The molecule has 19 heavy (non-hydrogen) atoms. The lowest BCUT2D eigenvalue weighted by Gasteiger charge is -2.18. The Hall–Kier alpha value is -1.06. The van der Waals surface area contributed by atoms with E-state index in [0.29, 0.717) is 12.1 Å². The largest absolute Gasteiger partial charge is 0.492 e. The van der Waals surface area contributed by atoms with Gasteiger partial charge in [-0.25, -0.2) is 0 Å². The topological polar surface area (TPSA) is 30.5 Å². The van der Waals surface area contributed by atoms with Crippen molar-refractivity contribution in [2.24, 2.45) is 0 Å². The maximum Gasteiger partial charge on any atom is 0.119 e. The Labute approximate surface area is 116 Å². The summed E-state index contributed by atoms with van der Waals surface area (Å²) < 4.78 is 11.4.